The summed E-state index contributed by atoms with van der Waals surface area (Å²) in [4.78, 5) is 22.9. The summed E-state index contributed by atoms with van der Waals surface area (Å²) in [5.41, 5.74) is -1.37. The number of aliphatic hydroxyl groups is 1. The van der Waals surface area contributed by atoms with Gasteiger partial charge in [0.25, 0.3) is 5.91 Å². The number of hydrogen-bond acceptors (Lipinski definition) is 6. The van der Waals surface area contributed by atoms with Crippen molar-refractivity contribution >= 4 is 47.1 Å². The summed E-state index contributed by atoms with van der Waals surface area (Å²) in [6.07, 6.45) is 7.40. The molecule has 40 heavy (non-hydrogen) atoms. The zero-order valence-corrected chi connectivity index (χ0v) is 24.3. The summed E-state index contributed by atoms with van der Waals surface area (Å²) < 4.78 is 41.5. The van der Waals surface area contributed by atoms with Crippen LogP contribution >= 0.6 is 23.4 Å². The number of nitrogens with zero attached hydrogens (tertiary/aromatic N) is 3. The quantitative estimate of drug-likeness (QED) is 0.237. The van der Waals surface area contributed by atoms with E-state index in [-0.39, 0.29) is 18.0 Å². The predicted molar refractivity (Wildman–Crippen MR) is 156 cm³/mol. The Morgan fingerprint density at radius 2 is 1.90 bits per heavy atom. The van der Waals surface area contributed by atoms with Crippen molar-refractivity contribution in [2.75, 3.05) is 30.0 Å². The van der Waals surface area contributed by atoms with Gasteiger partial charge in [-0.25, -0.2) is 0 Å². The summed E-state index contributed by atoms with van der Waals surface area (Å²) in [6, 6.07) is 6.72. The zero-order chi connectivity index (χ0) is 29.2. The van der Waals surface area contributed by atoms with Crippen LogP contribution in [0.5, 0.6) is 0 Å². The van der Waals surface area contributed by atoms with E-state index in [4.69, 9.17) is 11.6 Å². The number of hydrogen-bond donors (Lipinski definition) is 2. The predicted octanol–water partition coefficient (Wildman–Crippen LogP) is 4.96. The van der Waals surface area contributed by atoms with Gasteiger partial charge >= 0.3 is 6.18 Å². The third-order valence-corrected chi connectivity index (χ3v) is 7.88. The lowest BCUT2D eigenvalue weighted by atomic mass is 10.1. The van der Waals surface area contributed by atoms with Gasteiger partial charge in [0.1, 0.15) is 5.25 Å². The van der Waals surface area contributed by atoms with Gasteiger partial charge in [-0.3, -0.25) is 14.8 Å². The molecule has 0 bridgehead atoms. The summed E-state index contributed by atoms with van der Waals surface area (Å²) in [6.45, 7) is 4.50. The summed E-state index contributed by atoms with van der Waals surface area (Å²) in [5.74, 6) is -0.254. The molecule has 0 fully saturated rings. The van der Waals surface area contributed by atoms with E-state index in [1.165, 1.54) is 12.3 Å². The third-order valence-electron chi connectivity index (χ3n) is 6.54. The van der Waals surface area contributed by atoms with E-state index in [1.54, 1.807) is 25.3 Å². The van der Waals surface area contributed by atoms with Gasteiger partial charge in [-0.1, -0.05) is 38.8 Å². The molecule has 3 heterocycles. The highest BCUT2D eigenvalue weighted by Crippen LogP contribution is 2.43. The Morgan fingerprint density at radius 3 is 2.55 bits per heavy atom. The third kappa shape index (κ3) is 7.79. The molecule has 0 saturated heterocycles. The lowest BCUT2D eigenvalue weighted by Gasteiger charge is -2.32. The van der Waals surface area contributed by atoms with Gasteiger partial charge in [-0.15, -0.1) is 23.4 Å². The normalized spacial score (nSPS) is 19.3. The van der Waals surface area contributed by atoms with Crippen LogP contribution in [0.15, 0.2) is 48.3 Å². The standard InChI is InChI=1S/C29H36ClF3N4O2S/c1-3-11-21-23(13-15-30)35-18-14-24(21)34-16-8-5-6-10-19-37-27(38)22(26(40-4-2)29(31,32)33)20-28(37,39)25-12-7-9-17-36-25/h7,9,11-14,17-18,20,26,34,39H,3-6,8,10,15-16,19H2,1-2H3/b21-11+,23-13+. The molecule has 2 unspecified atom stereocenters. The van der Waals surface area contributed by atoms with Crippen molar-refractivity contribution in [2.24, 2.45) is 0 Å². The van der Waals surface area contributed by atoms with Gasteiger partial charge in [-0.05, 0) is 55.4 Å². The highest BCUT2D eigenvalue weighted by molar-refractivity contribution is 8.00. The first kappa shape index (κ1) is 32.0. The van der Waals surface area contributed by atoms with E-state index in [1.807, 2.05) is 12.1 Å². The van der Waals surface area contributed by atoms with Gasteiger partial charge < -0.3 is 15.3 Å². The summed E-state index contributed by atoms with van der Waals surface area (Å²) in [5, 5.41) is 14.8. The van der Waals surface area contributed by atoms with Crippen LogP contribution in [0.2, 0.25) is 0 Å². The number of thioether (sulfide) groups is 1. The first-order valence-electron chi connectivity index (χ1n) is 13.5. The van der Waals surface area contributed by atoms with Crippen molar-refractivity contribution < 1.29 is 23.1 Å². The molecule has 6 nitrogen and oxygen atoms in total. The molecule has 2 N–H and O–H groups in total. The fraction of sp³-hybridized carbons (Fsp3) is 0.483. The molecule has 2 atom stereocenters. The van der Waals surface area contributed by atoms with E-state index in [9.17, 15) is 23.1 Å². The molecular weight excluding hydrogens is 561 g/mol. The lowest BCUT2D eigenvalue weighted by molar-refractivity contribution is -0.147. The molecule has 0 saturated carbocycles. The number of pyridine rings is 2. The maximum atomic E-state index is 13.8. The van der Waals surface area contributed by atoms with Crippen molar-refractivity contribution in [2.45, 2.75) is 63.1 Å². The first-order chi connectivity index (χ1) is 19.2. The van der Waals surface area contributed by atoms with Gasteiger partial charge in [0.05, 0.1) is 11.0 Å². The second-order valence-electron chi connectivity index (χ2n) is 9.34. The van der Waals surface area contributed by atoms with Gasteiger partial charge in [0, 0.05) is 47.8 Å². The minimum Gasteiger partial charge on any atom is -0.384 e. The van der Waals surface area contributed by atoms with Gasteiger partial charge in [0.15, 0.2) is 0 Å². The Labute approximate surface area is 242 Å². The molecule has 1 amide bonds. The van der Waals surface area contributed by atoms with Crippen LogP contribution in [0.4, 0.5) is 18.9 Å². The van der Waals surface area contributed by atoms with Crippen LogP contribution in [0.1, 0.15) is 51.6 Å². The number of alkyl halides is 4. The minimum absolute atomic E-state index is 0.109. The molecule has 2 aromatic rings. The van der Waals surface area contributed by atoms with Crippen LogP contribution < -0.4 is 15.9 Å². The fourth-order valence-corrected chi connectivity index (χ4v) is 5.73. The fourth-order valence-electron chi connectivity index (χ4n) is 4.72. The largest absolute Gasteiger partial charge is 0.404 e. The van der Waals surface area contributed by atoms with E-state index in [0.29, 0.717) is 24.1 Å². The Morgan fingerprint density at radius 1 is 1.12 bits per heavy atom. The van der Waals surface area contributed by atoms with Crippen LogP contribution in [0, 0.1) is 0 Å². The smallest absolute Gasteiger partial charge is 0.384 e. The lowest BCUT2D eigenvalue weighted by Crippen LogP contribution is -2.46. The second kappa shape index (κ2) is 14.9. The van der Waals surface area contributed by atoms with Crippen LogP contribution in [-0.4, -0.2) is 62.0 Å². The van der Waals surface area contributed by atoms with Crippen molar-refractivity contribution in [1.29, 1.82) is 0 Å². The average molecular weight is 597 g/mol. The Hall–Kier alpha value is -2.56. The zero-order valence-electron chi connectivity index (χ0n) is 22.8. The van der Waals surface area contributed by atoms with Crippen molar-refractivity contribution in [3.63, 3.8) is 0 Å². The number of nitrogens with one attached hydrogen (secondary N) is 1. The number of unbranched alkanes of at least 4 members (excludes halogenated alkanes) is 3. The van der Waals surface area contributed by atoms with E-state index >= 15 is 0 Å². The molecule has 3 rings (SSSR count). The van der Waals surface area contributed by atoms with Gasteiger partial charge in [0.2, 0.25) is 5.72 Å². The molecule has 2 aromatic heterocycles. The number of rotatable bonds is 14. The Kier molecular flexibility index (Phi) is 11.9. The molecule has 1 aliphatic rings. The maximum absolute atomic E-state index is 13.8. The highest BCUT2D eigenvalue weighted by atomic mass is 35.5. The summed E-state index contributed by atoms with van der Waals surface area (Å²) >= 11 is 6.51. The topological polar surface area (TPSA) is 78.4 Å². The Bertz CT molecular complexity index is 1280. The maximum Gasteiger partial charge on any atom is 0.404 e. The van der Waals surface area contributed by atoms with Crippen molar-refractivity contribution in [3.05, 3.63) is 64.6 Å². The molecule has 1 aliphatic heterocycles. The molecule has 11 heteroatoms. The van der Waals surface area contributed by atoms with Crippen molar-refractivity contribution in [3.8, 4) is 0 Å². The van der Waals surface area contributed by atoms with Crippen LogP contribution in [0.25, 0.3) is 12.2 Å². The average Bonchev–Trinajstić information content (AvgIpc) is 3.18. The number of amides is 1. The number of aromatic nitrogens is 2. The summed E-state index contributed by atoms with van der Waals surface area (Å²) in [7, 11) is 0. The molecule has 0 aliphatic carbocycles. The highest BCUT2D eigenvalue weighted by Gasteiger charge is 2.53. The molecule has 218 valence electrons. The minimum atomic E-state index is -4.62. The number of carbonyl (C=O) groups excluding carboxylic acids is 1. The second-order valence-corrected chi connectivity index (χ2v) is 11.0. The van der Waals surface area contributed by atoms with E-state index < -0.39 is 28.6 Å². The molecule has 0 aromatic carbocycles. The number of carbonyl (C=O) groups is 1. The van der Waals surface area contributed by atoms with Crippen LogP contribution in [0.3, 0.4) is 0 Å². The Balaban J connectivity index is 1.63. The number of anilines is 1. The molecule has 0 spiro atoms. The first-order valence-corrected chi connectivity index (χ1v) is 15.1. The monoisotopic (exact) mass is 596 g/mol. The van der Waals surface area contributed by atoms with E-state index in [2.05, 4.69) is 28.3 Å². The van der Waals surface area contributed by atoms with Crippen molar-refractivity contribution in [1.82, 2.24) is 14.9 Å². The van der Waals surface area contributed by atoms with E-state index in [0.717, 1.165) is 59.5 Å². The number of halogens is 4. The van der Waals surface area contributed by atoms with Gasteiger partial charge in [-0.2, -0.15) is 13.2 Å². The SMILES string of the molecule is CC/C=c1/c(NCCCCCCN2C(=O)C(C(SCC)C(F)(F)F)=CC2(O)c2ccccn2)ccn/c1=C/CCl. The molecular formula is C29H36ClF3N4O2S. The van der Waals surface area contributed by atoms with Crippen LogP contribution in [-0.2, 0) is 10.5 Å². The molecule has 0 radical (unpaired) electrons.